The molecule has 22 heavy (non-hydrogen) atoms. The van der Waals surface area contributed by atoms with Gasteiger partial charge in [0.05, 0.1) is 13.2 Å². The van der Waals surface area contributed by atoms with Crippen LogP contribution in [0.1, 0.15) is 30.3 Å². The molecule has 6 nitrogen and oxygen atoms in total. The van der Waals surface area contributed by atoms with E-state index in [2.05, 4.69) is 4.98 Å². The van der Waals surface area contributed by atoms with Gasteiger partial charge in [-0.15, -0.1) is 0 Å². The number of ether oxygens (including phenoxy) is 1. The highest BCUT2D eigenvalue weighted by atomic mass is 16.5. The lowest BCUT2D eigenvalue weighted by Crippen LogP contribution is -2.49. The van der Waals surface area contributed by atoms with Crippen LogP contribution in [0, 0.1) is 5.41 Å². The van der Waals surface area contributed by atoms with Crippen molar-refractivity contribution in [1.82, 2.24) is 14.8 Å². The predicted molar refractivity (Wildman–Crippen MR) is 81.4 cm³/mol. The van der Waals surface area contributed by atoms with Crippen LogP contribution < -0.4 is 0 Å². The number of rotatable bonds is 1. The van der Waals surface area contributed by atoms with E-state index in [1.165, 1.54) is 0 Å². The highest BCUT2D eigenvalue weighted by Crippen LogP contribution is 2.34. The third-order valence-corrected chi connectivity index (χ3v) is 4.83. The fraction of sp³-hybridized carbons (Fsp3) is 0.625. The minimum atomic E-state index is -0.00527. The van der Waals surface area contributed by atoms with E-state index in [1.54, 1.807) is 19.2 Å². The van der Waals surface area contributed by atoms with Crippen molar-refractivity contribution >= 4 is 11.8 Å². The van der Waals surface area contributed by atoms with Crippen LogP contribution in [-0.2, 0) is 9.53 Å². The number of nitrogens with one attached hydrogen (secondary N) is 1. The molecule has 3 rings (SSSR count). The van der Waals surface area contributed by atoms with Crippen LogP contribution in [0.25, 0.3) is 0 Å². The molecule has 0 saturated carbocycles. The van der Waals surface area contributed by atoms with Crippen LogP contribution in [0.2, 0.25) is 0 Å². The summed E-state index contributed by atoms with van der Waals surface area (Å²) in [6.07, 6.45) is 3.52. The number of aromatic nitrogens is 1. The van der Waals surface area contributed by atoms with E-state index in [4.69, 9.17) is 4.74 Å². The first kappa shape index (κ1) is 15.1. The summed E-state index contributed by atoms with van der Waals surface area (Å²) in [5, 5.41) is 0. The summed E-state index contributed by atoms with van der Waals surface area (Å²) in [4.78, 5) is 30.8. The molecule has 1 N–H and O–H groups in total. The number of likely N-dealkylation sites (tertiary alicyclic amines) is 1. The minimum absolute atomic E-state index is 0.00527. The standard InChI is InChI=1S/C16H23N3O3/c1-13(20)19-9-10-22-12-16(11-19)4-7-18(8-5-16)15(21)14-3-2-6-17-14/h2-3,6,17H,4-5,7-12H2,1H3. The molecule has 2 aliphatic rings. The Labute approximate surface area is 130 Å². The van der Waals surface area contributed by atoms with Gasteiger partial charge in [-0.2, -0.15) is 0 Å². The van der Waals surface area contributed by atoms with Gasteiger partial charge in [0.15, 0.2) is 0 Å². The number of hydrogen-bond acceptors (Lipinski definition) is 3. The summed E-state index contributed by atoms with van der Waals surface area (Å²) in [7, 11) is 0. The van der Waals surface area contributed by atoms with Crippen molar-refractivity contribution in [3.05, 3.63) is 24.0 Å². The lowest BCUT2D eigenvalue weighted by molar-refractivity contribution is -0.130. The van der Waals surface area contributed by atoms with Crippen molar-refractivity contribution < 1.29 is 14.3 Å². The van der Waals surface area contributed by atoms with E-state index in [9.17, 15) is 9.59 Å². The van der Waals surface area contributed by atoms with Gasteiger partial charge in [-0.3, -0.25) is 9.59 Å². The van der Waals surface area contributed by atoms with Crippen LogP contribution >= 0.6 is 0 Å². The zero-order valence-electron chi connectivity index (χ0n) is 13.0. The average molecular weight is 305 g/mol. The van der Waals surface area contributed by atoms with E-state index in [0.29, 0.717) is 38.5 Å². The third-order valence-electron chi connectivity index (χ3n) is 4.83. The molecule has 0 aliphatic carbocycles. The summed E-state index contributed by atoms with van der Waals surface area (Å²) in [6, 6.07) is 3.64. The van der Waals surface area contributed by atoms with Gasteiger partial charge in [0.2, 0.25) is 5.91 Å². The van der Waals surface area contributed by atoms with Crippen molar-refractivity contribution in [2.75, 3.05) is 39.4 Å². The van der Waals surface area contributed by atoms with Crippen LogP contribution in [0.15, 0.2) is 18.3 Å². The van der Waals surface area contributed by atoms with Crippen LogP contribution in [0.4, 0.5) is 0 Å². The molecule has 2 amide bonds. The molecule has 2 fully saturated rings. The Balaban J connectivity index is 1.64. The monoisotopic (exact) mass is 305 g/mol. The molecule has 0 radical (unpaired) electrons. The first-order valence-electron chi connectivity index (χ1n) is 7.86. The molecule has 2 saturated heterocycles. The zero-order valence-corrected chi connectivity index (χ0v) is 13.0. The third kappa shape index (κ3) is 3.02. The van der Waals surface area contributed by atoms with E-state index >= 15 is 0 Å². The largest absolute Gasteiger partial charge is 0.379 e. The number of nitrogens with zero attached hydrogens (tertiary/aromatic N) is 2. The predicted octanol–water partition coefficient (Wildman–Crippen LogP) is 1.12. The Kier molecular flexibility index (Phi) is 4.20. The van der Waals surface area contributed by atoms with Crippen molar-refractivity contribution in [1.29, 1.82) is 0 Å². The molecule has 0 aromatic carbocycles. The molecule has 1 aromatic rings. The molecule has 0 unspecified atom stereocenters. The van der Waals surface area contributed by atoms with Crippen LogP contribution in [0.5, 0.6) is 0 Å². The highest BCUT2D eigenvalue weighted by molar-refractivity contribution is 5.92. The van der Waals surface area contributed by atoms with Gasteiger partial charge < -0.3 is 19.5 Å². The van der Waals surface area contributed by atoms with Gasteiger partial charge in [-0.25, -0.2) is 0 Å². The smallest absolute Gasteiger partial charge is 0.270 e. The topological polar surface area (TPSA) is 65.6 Å². The Hall–Kier alpha value is -1.82. The quantitative estimate of drug-likeness (QED) is 0.845. The molecular formula is C16H23N3O3. The van der Waals surface area contributed by atoms with Gasteiger partial charge in [-0.05, 0) is 25.0 Å². The average Bonchev–Trinajstić information content (AvgIpc) is 2.97. The summed E-state index contributed by atoms with van der Waals surface area (Å²) in [5.74, 6) is 0.160. The second kappa shape index (κ2) is 6.12. The highest BCUT2D eigenvalue weighted by Gasteiger charge is 2.39. The zero-order chi connectivity index (χ0) is 15.6. The maximum atomic E-state index is 12.4. The molecule has 1 spiro atoms. The van der Waals surface area contributed by atoms with Gasteiger partial charge >= 0.3 is 0 Å². The van der Waals surface area contributed by atoms with Crippen LogP contribution in [0.3, 0.4) is 0 Å². The Bertz CT molecular complexity index is 533. The van der Waals surface area contributed by atoms with Crippen molar-refractivity contribution in [3.63, 3.8) is 0 Å². The fourth-order valence-corrected chi connectivity index (χ4v) is 3.38. The number of piperidine rings is 1. The number of carbonyl (C=O) groups excluding carboxylic acids is 2. The minimum Gasteiger partial charge on any atom is -0.379 e. The summed E-state index contributed by atoms with van der Waals surface area (Å²) in [5.41, 5.74) is 0.632. The maximum Gasteiger partial charge on any atom is 0.270 e. The molecule has 2 aliphatic heterocycles. The molecule has 120 valence electrons. The number of aromatic amines is 1. The molecule has 3 heterocycles. The van der Waals surface area contributed by atoms with Crippen molar-refractivity contribution in [2.24, 2.45) is 5.41 Å². The SMILES string of the molecule is CC(=O)N1CCOCC2(CCN(C(=O)c3ccc[nH]3)CC2)C1. The van der Waals surface area contributed by atoms with Gasteiger partial charge in [0.1, 0.15) is 5.69 Å². The lowest BCUT2D eigenvalue weighted by Gasteiger charge is -2.42. The Morgan fingerprint density at radius 1 is 1.23 bits per heavy atom. The molecule has 6 heteroatoms. The van der Waals surface area contributed by atoms with E-state index in [1.807, 2.05) is 15.9 Å². The van der Waals surface area contributed by atoms with E-state index in [-0.39, 0.29) is 17.2 Å². The Morgan fingerprint density at radius 2 is 2.00 bits per heavy atom. The summed E-state index contributed by atoms with van der Waals surface area (Å²) in [6.45, 7) is 5.74. The second-order valence-corrected chi connectivity index (χ2v) is 6.37. The lowest BCUT2D eigenvalue weighted by atomic mass is 9.78. The second-order valence-electron chi connectivity index (χ2n) is 6.37. The summed E-state index contributed by atoms with van der Waals surface area (Å²) >= 11 is 0. The first-order valence-corrected chi connectivity index (χ1v) is 7.86. The molecule has 1 aromatic heterocycles. The number of carbonyl (C=O) groups is 2. The number of hydrogen-bond donors (Lipinski definition) is 1. The fourth-order valence-electron chi connectivity index (χ4n) is 3.38. The van der Waals surface area contributed by atoms with Gasteiger partial charge in [0.25, 0.3) is 5.91 Å². The van der Waals surface area contributed by atoms with Crippen molar-refractivity contribution in [3.8, 4) is 0 Å². The normalized spacial score (nSPS) is 21.7. The van der Waals surface area contributed by atoms with Gasteiger partial charge in [0, 0.05) is 44.7 Å². The van der Waals surface area contributed by atoms with E-state index in [0.717, 1.165) is 19.4 Å². The molecule has 0 bridgehead atoms. The first-order chi connectivity index (χ1) is 10.6. The van der Waals surface area contributed by atoms with Crippen molar-refractivity contribution in [2.45, 2.75) is 19.8 Å². The van der Waals surface area contributed by atoms with E-state index < -0.39 is 0 Å². The Morgan fingerprint density at radius 3 is 2.64 bits per heavy atom. The molecular weight excluding hydrogens is 282 g/mol. The van der Waals surface area contributed by atoms with Crippen LogP contribution in [-0.4, -0.2) is 66.0 Å². The maximum absolute atomic E-state index is 12.4. The number of amides is 2. The summed E-state index contributed by atoms with van der Waals surface area (Å²) < 4.78 is 5.73. The van der Waals surface area contributed by atoms with Gasteiger partial charge in [-0.1, -0.05) is 0 Å². The molecule has 0 atom stereocenters. The number of H-pyrrole nitrogens is 1.